The van der Waals surface area contributed by atoms with Crippen LogP contribution in [0.4, 0.5) is 5.69 Å². The fourth-order valence-electron chi connectivity index (χ4n) is 2.02. The summed E-state index contributed by atoms with van der Waals surface area (Å²) in [5.41, 5.74) is 3.68. The molecular weight excluding hydrogens is 174 g/mol. The first kappa shape index (κ1) is 9.53. The summed E-state index contributed by atoms with van der Waals surface area (Å²) in [4.78, 5) is 0. The normalized spacial score (nSPS) is 23.0. The molecule has 0 saturated carbocycles. The summed E-state index contributed by atoms with van der Waals surface area (Å²) in [5, 5.41) is 12.5. The number of rotatable bonds is 1. The molecule has 2 N–H and O–H groups in total. The molecule has 0 aliphatic carbocycles. The number of aliphatic hydroxyl groups excluding tert-OH is 1. The first-order valence-electron chi connectivity index (χ1n) is 5.06. The summed E-state index contributed by atoms with van der Waals surface area (Å²) in [5.74, 6) is 0. The molecular formula is C12H17NO. The molecule has 1 aromatic carbocycles. The van der Waals surface area contributed by atoms with Gasteiger partial charge in [-0.25, -0.2) is 0 Å². The van der Waals surface area contributed by atoms with Crippen molar-refractivity contribution in [3.05, 3.63) is 29.3 Å². The minimum Gasteiger partial charge on any atom is -0.392 e. The Morgan fingerprint density at radius 2 is 2.14 bits per heavy atom. The second kappa shape index (κ2) is 2.99. The number of hydrogen-bond acceptors (Lipinski definition) is 2. The smallest absolute Gasteiger partial charge is 0.0682 e. The molecule has 1 atom stereocenters. The van der Waals surface area contributed by atoms with Gasteiger partial charge in [-0.1, -0.05) is 26.0 Å². The van der Waals surface area contributed by atoms with Crippen molar-refractivity contribution in [2.75, 3.05) is 5.32 Å². The number of benzene rings is 1. The van der Waals surface area contributed by atoms with Crippen molar-refractivity contribution in [1.29, 1.82) is 0 Å². The SMILES string of the molecule is CC1Nc2cc(CO)ccc2C1(C)C. The lowest BCUT2D eigenvalue weighted by Gasteiger charge is -2.23. The van der Waals surface area contributed by atoms with Crippen LogP contribution in [0.1, 0.15) is 31.9 Å². The molecule has 1 aliphatic rings. The molecule has 2 nitrogen and oxygen atoms in total. The topological polar surface area (TPSA) is 32.3 Å². The first-order chi connectivity index (χ1) is 6.55. The molecule has 0 amide bonds. The van der Waals surface area contributed by atoms with Crippen molar-refractivity contribution in [3.63, 3.8) is 0 Å². The largest absolute Gasteiger partial charge is 0.392 e. The van der Waals surface area contributed by atoms with Crippen molar-refractivity contribution in [3.8, 4) is 0 Å². The van der Waals surface area contributed by atoms with Gasteiger partial charge in [0.1, 0.15) is 0 Å². The number of hydrogen-bond donors (Lipinski definition) is 2. The fourth-order valence-corrected chi connectivity index (χ4v) is 2.02. The van der Waals surface area contributed by atoms with Crippen molar-refractivity contribution in [1.82, 2.24) is 0 Å². The van der Waals surface area contributed by atoms with E-state index in [0.717, 1.165) is 5.56 Å². The molecule has 0 aromatic heterocycles. The van der Waals surface area contributed by atoms with Crippen molar-refractivity contribution < 1.29 is 5.11 Å². The van der Waals surface area contributed by atoms with Gasteiger partial charge >= 0.3 is 0 Å². The van der Waals surface area contributed by atoms with Crippen LogP contribution in [0.5, 0.6) is 0 Å². The monoisotopic (exact) mass is 191 g/mol. The Morgan fingerprint density at radius 3 is 2.79 bits per heavy atom. The van der Waals surface area contributed by atoms with Crippen LogP contribution in [0.3, 0.4) is 0 Å². The highest BCUT2D eigenvalue weighted by Gasteiger charge is 2.35. The molecule has 2 rings (SSSR count). The van der Waals surface area contributed by atoms with E-state index < -0.39 is 0 Å². The molecule has 0 radical (unpaired) electrons. The molecule has 1 heterocycles. The molecule has 0 spiro atoms. The minimum absolute atomic E-state index is 0.115. The molecule has 0 fully saturated rings. The van der Waals surface area contributed by atoms with Crippen molar-refractivity contribution in [2.45, 2.75) is 38.8 Å². The highest BCUT2D eigenvalue weighted by molar-refractivity contribution is 5.62. The maximum absolute atomic E-state index is 9.04. The van der Waals surface area contributed by atoms with Crippen LogP contribution in [-0.2, 0) is 12.0 Å². The molecule has 76 valence electrons. The van der Waals surface area contributed by atoms with Crippen LogP contribution in [0.2, 0.25) is 0 Å². The predicted octanol–water partition coefficient (Wildman–Crippen LogP) is 2.27. The Kier molecular flexibility index (Phi) is 2.04. The maximum Gasteiger partial charge on any atom is 0.0682 e. The van der Waals surface area contributed by atoms with E-state index in [4.69, 9.17) is 5.11 Å². The molecule has 14 heavy (non-hydrogen) atoms. The molecule has 0 bridgehead atoms. The van der Waals surface area contributed by atoms with Crippen LogP contribution in [0, 0.1) is 0 Å². The predicted molar refractivity (Wildman–Crippen MR) is 58.5 cm³/mol. The lowest BCUT2D eigenvalue weighted by atomic mass is 9.81. The zero-order valence-electron chi connectivity index (χ0n) is 8.96. The quantitative estimate of drug-likeness (QED) is 0.713. The second-order valence-corrected chi connectivity index (χ2v) is 4.63. The van der Waals surface area contributed by atoms with E-state index >= 15 is 0 Å². The van der Waals surface area contributed by atoms with Gasteiger partial charge in [0.2, 0.25) is 0 Å². The zero-order valence-corrected chi connectivity index (χ0v) is 8.96. The summed E-state index contributed by atoms with van der Waals surface area (Å²) in [6.07, 6.45) is 0. The Labute approximate surface area is 85.0 Å². The third kappa shape index (κ3) is 1.22. The fraction of sp³-hybridized carbons (Fsp3) is 0.500. The van der Waals surface area contributed by atoms with Crippen LogP contribution in [0.25, 0.3) is 0 Å². The lowest BCUT2D eigenvalue weighted by molar-refractivity contribution is 0.282. The van der Waals surface area contributed by atoms with E-state index in [9.17, 15) is 0 Å². The van der Waals surface area contributed by atoms with Crippen molar-refractivity contribution >= 4 is 5.69 Å². The Balaban J connectivity index is 2.48. The Bertz CT molecular complexity index is 357. The number of fused-ring (bicyclic) bond motifs is 1. The molecule has 2 heteroatoms. The average molecular weight is 191 g/mol. The highest BCUT2D eigenvalue weighted by atomic mass is 16.3. The van der Waals surface area contributed by atoms with Gasteiger partial charge in [-0.15, -0.1) is 0 Å². The Morgan fingerprint density at radius 1 is 1.43 bits per heavy atom. The summed E-state index contributed by atoms with van der Waals surface area (Å²) in [7, 11) is 0. The number of nitrogens with one attached hydrogen (secondary N) is 1. The van der Waals surface area contributed by atoms with Gasteiger partial charge in [0.15, 0.2) is 0 Å². The number of aliphatic hydroxyl groups is 1. The Hall–Kier alpha value is -1.02. The number of anilines is 1. The summed E-state index contributed by atoms with van der Waals surface area (Å²) in [6, 6.07) is 6.62. The van der Waals surface area contributed by atoms with Gasteiger partial charge in [-0.3, -0.25) is 0 Å². The van der Waals surface area contributed by atoms with E-state index in [1.807, 2.05) is 12.1 Å². The minimum atomic E-state index is 0.115. The average Bonchev–Trinajstić information content (AvgIpc) is 2.38. The van der Waals surface area contributed by atoms with E-state index in [-0.39, 0.29) is 12.0 Å². The van der Waals surface area contributed by atoms with Gasteiger partial charge in [-0.05, 0) is 24.1 Å². The second-order valence-electron chi connectivity index (χ2n) is 4.63. The van der Waals surface area contributed by atoms with E-state index in [0.29, 0.717) is 6.04 Å². The van der Waals surface area contributed by atoms with Crippen molar-refractivity contribution in [2.24, 2.45) is 0 Å². The van der Waals surface area contributed by atoms with E-state index in [1.165, 1.54) is 11.3 Å². The van der Waals surface area contributed by atoms with E-state index in [1.54, 1.807) is 0 Å². The summed E-state index contributed by atoms with van der Waals surface area (Å²) in [6.45, 7) is 6.80. The van der Waals surface area contributed by atoms with Crippen LogP contribution in [-0.4, -0.2) is 11.1 Å². The molecule has 0 saturated heterocycles. The third-order valence-electron chi connectivity index (χ3n) is 3.42. The van der Waals surface area contributed by atoms with Crippen LogP contribution < -0.4 is 5.32 Å². The lowest BCUT2D eigenvalue weighted by Crippen LogP contribution is -2.29. The third-order valence-corrected chi connectivity index (χ3v) is 3.42. The van der Waals surface area contributed by atoms with Crippen LogP contribution in [0.15, 0.2) is 18.2 Å². The summed E-state index contributed by atoms with van der Waals surface area (Å²) >= 11 is 0. The van der Waals surface area contributed by atoms with Gasteiger partial charge < -0.3 is 10.4 Å². The molecule has 1 unspecified atom stereocenters. The van der Waals surface area contributed by atoms with Gasteiger partial charge in [0, 0.05) is 17.1 Å². The first-order valence-corrected chi connectivity index (χ1v) is 5.06. The van der Waals surface area contributed by atoms with Gasteiger partial charge in [-0.2, -0.15) is 0 Å². The van der Waals surface area contributed by atoms with Gasteiger partial charge in [0.25, 0.3) is 0 Å². The molecule has 1 aliphatic heterocycles. The van der Waals surface area contributed by atoms with E-state index in [2.05, 4.69) is 32.2 Å². The zero-order chi connectivity index (χ0) is 10.3. The standard InChI is InChI=1S/C12H17NO/c1-8-12(2,3)10-5-4-9(7-14)6-11(10)13-8/h4-6,8,13-14H,7H2,1-3H3. The maximum atomic E-state index is 9.04. The van der Waals surface area contributed by atoms with Crippen LogP contribution >= 0.6 is 0 Å². The highest BCUT2D eigenvalue weighted by Crippen LogP contribution is 2.40. The molecule has 1 aromatic rings. The summed E-state index contributed by atoms with van der Waals surface area (Å²) < 4.78 is 0. The van der Waals surface area contributed by atoms with Gasteiger partial charge in [0.05, 0.1) is 6.61 Å².